The number of nitrogens with one attached hydrogen (secondary N) is 1. The molecule has 0 bridgehead atoms. The molecule has 0 saturated heterocycles. The number of rotatable bonds is 3. The second-order valence-corrected chi connectivity index (χ2v) is 3.56. The fourth-order valence-electron chi connectivity index (χ4n) is 1.54. The summed E-state index contributed by atoms with van der Waals surface area (Å²) in [5, 5.41) is 0. The third-order valence-electron chi connectivity index (χ3n) is 2.32. The molecule has 2 aromatic rings. The van der Waals surface area contributed by atoms with Gasteiger partial charge in [-0.25, -0.2) is 4.98 Å². The molecule has 0 amide bonds. The van der Waals surface area contributed by atoms with Crippen molar-refractivity contribution < 1.29 is 0 Å². The van der Waals surface area contributed by atoms with Gasteiger partial charge in [0.25, 0.3) is 0 Å². The third kappa shape index (κ3) is 1.71. The molecule has 2 rings (SSSR count). The van der Waals surface area contributed by atoms with Crippen LogP contribution in [0, 0.1) is 0 Å². The highest BCUT2D eigenvalue weighted by Gasteiger charge is 2.01. The maximum atomic E-state index is 5.68. The first-order chi connectivity index (χ1) is 6.79. The fraction of sp³-hybridized carbons (Fsp3) is 0.364. The SMILES string of the molecule is CCCCc1nc2cc(N)ccc2[nH]1. The monoisotopic (exact) mass is 189 g/mol. The number of fused-ring (bicyclic) bond motifs is 1. The topological polar surface area (TPSA) is 54.7 Å². The normalized spacial score (nSPS) is 10.9. The minimum Gasteiger partial charge on any atom is -0.399 e. The molecule has 3 N–H and O–H groups in total. The summed E-state index contributed by atoms with van der Waals surface area (Å²) < 4.78 is 0. The van der Waals surface area contributed by atoms with Gasteiger partial charge in [-0.3, -0.25) is 0 Å². The third-order valence-corrected chi connectivity index (χ3v) is 2.32. The predicted octanol–water partition coefficient (Wildman–Crippen LogP) is 2.49. The van der Waals surface area contributed by atoms with Crippen molar-refractivity contribution in [2.75, 3.05) is 5.73 Å². The molecule has 0 spiro atoms. The number of anilines is 1. The molecular formula is C11H15N3. The molecule has 74 valence electrons. The van der Waals surface area contributed by atoms with Crippen molar-refractivity contribution in [3.05, 3.63) is 24.0 Å². The number of nitrogens with zero attached hydrogens (tertiary/aromatic N) is 1. The molecule has 0 aliphatic carbocycles. The first kappa shape index (κ1) is 9.06. The summed E-state index contributed by atoms with van der Waals surface area (Å²) in [6.07, 6.45) is 3.39. The first-order valence-corrected chi connectivity index (χ1v) is 5.03. The summed E-state index contributed by atoms with van der Waals surface area (Å²) >= 11 is 0. The van der Waals surface area contributed by atoms with Crippen LogP contribution in [-0.2, 0) is 6.42 Å². The van der Waals surface area contributed by atoms with Crippen molar-refractivity contribution in [3.63, 3.8) is 0 Å². The quantitative estimate of drug-likeness (QED) is 0.729. The fourth-order valence-corrected chi connectivity index (χ4v) is 1.54. The summed E-state index contributed by atoms with van der Waals surface area (Å²) in [7, 11) is 0. The molecule has 1 heterocycles. The Labute approximate surface area is 83.3 Å². The van der Waals surface area contributed by atoms with Gasteiger partial charge in [0.15, 0.2) is 0 Å². The Morgan fingerprint density at radius 3 is 3.07 bits per heavy atom. The molecule has 1 aromatic carbocycles. The number of hydrogen-bond acceptors (Lipinski definition) is 2. The van der Waals surface area contributed by atoms with Gasteiger partial charge in [-0.15, -0.1) is 0 Å². The van der Waals surface area contributed by atoms with E-state index in [1.165, 1.54) is 12.8 Å². The Bertz CT molecular complexity index is 431. The van der Waals surface area contributed by atoms with E-state index >= 15 is 0 Å². The van der Waals surface area contributed by atoms with Gasteiger partial charge in [0.2, 0.25) is 0 Å². The van der Waals surface area contributed by atoms with Crippen LogP contribution in [0.1, 0.15) is 25.6 Å². The van der Waals surface area contributed by atoms with Crippen molar-refractivity contribution in [1.82, 2.24) is 9.97 Å². The van der Waals surface area contributed by atoms with E-state index in [2.05, 4.69) is 16.9 Å². The van der Waals surface area contributed by atoms with Crippen LogP contribution in [0.4, 0.5) is 5.69 Å². The lowest BCUT2D eigenvalue weighted by molar-refractivity contribution is 0.765. The second-order valence-electron chi connectivity index (χ2n) is 3.56. The van der Waals surface area contributed by atoms with Crippen LogP contribution in [0.25, 0.3) is 11.0 Å². The number of nitrogens with two attached hydrogens (primary N) is 1. The molecule has 0 atom stereocenters. The van der Waals surface area contributed by atoms with E-state index in [0.717, 1.165) is 29.0 Å². The number of aromatic amines is 1. The number of aromatic nitrogens is 2. The van der Waals surface area contributed by atoms with Gasteiger partial charge in [0.1, 0.15) is 5.82 Å². The highest BCUT2D eigenvalue weighted by atomic mass is 14.9. The van der Waals surface area contributed by atoms with E-state index in [-0.39, 0.29) is 0 Å². The van der Waals surface area contributed by atoms with E-state index in [1.807, 2.05) is 18.2 Å². The molecule has 0 unspecified atom stereocenters. The number of unbranched alkanes of at least 4 members (excludes halogenated alkanes) is 1. The average molecular weight is 189 g/mol. The summed E-state index contributed by atoms with van der Waals surface area (Å²) in [6.45, 7) is 2.18. The Morgan fingerprint density at radius 2 is 2.29 bits per heavy atom. The van der Waals surface area contributed by atoms with Crippen LogP contribution < -0.4 is 5.73 Å². The zero-order valence-electron chi connectivity index (χ0n) is 8.38. The minimum absolute atomic E-state index is 0.769. The molecular weight excluding hydrogens is 174 g/mol. The van der Waals surface area contributed by atoms with Crippen molar-refractivity contribution in [2.45, 2.75) is 26.2 Å². The molecule has 3 nitrogen and oxygen atoms in total. The van der Waals surface area contributed by atoms with Gasteiger partial charge in [-0.2, -0.15) is 0 Å². The van der Waals surface area contributed by atoms with E-state index in [0.29, 0.717) is 0 Å². The lowest BCUT2D eigenvalue weighted by atomic mass is 10.2. The van der Waals surface area contributed by atoms with Gasteiger partial charge in [0, 0.05) is 12.1 Å². The highest BCUT2D eigenvalue weighted by molar-refractivity contribution is 5.78. The number of aryl methyl sites for hydroxylation is 1. The van der Waals surface area contributed by atoms with Crippen molar-refractivity contribution in [1.29, 1.82) is 0 Å². The van der Waals surface area contributed by atoms with Crippen LogP contribution in [0.15, 0.2) is 18.2 Å². The Balaban J connectivity index is 2.32. The lowest BCUT2D eigenvalue weighted by Crippen LogP contribution is -1.86. The molecule has 0 aliphatic heterocycles. The molecule has 0 fully saturated rings. The standard InChI is InChI=1S/C11H15N3/c1-2-3-4-11-13-9-6-5-8(12)7-10(9)14-11/h5-7H,2-4,12H2,1H3,(H,13,14). The van der Waals surface area contributed by atoms with Gasteiger partial charge >= 0.3 is 0 Å². The molecule has 3 heteroatoms. The van der Waals surface area contributed by atoms with E-state index in [4.69, 9.17) is 5.73 Å². The van der Waals surface area contributed by atoms with Crippen molar-refractivity contribution in [3.8, 4) is 0 Å². The molecule has 0 saturated carbocycles. The zero-order chi connectivity index (χ0) is 9.97. The van der Waals surface area contributed by atoms with Crippen LogP contribution in [0.5, 0.6) is 0 Å². The number of imidazole rings is 1. The van der Waals surface area contributed by atoms with Crippen LogP contribution >= 0.6 is 0 Å². The van der Waals surface area contributed by atoms with Crippen molar-refractivity contribution in [2.24, 2.45) is 0 Å². The Kier molecular flexibility index (Phi) is 2.39. The number of benzene rings is 1. The van der Waals surface area contributed by atoms with Crippen LogP contribution in [0.3, 0.4) is 0 Å². The molecule has 0 aliphatic rings. The average Bonchev–Trinajstić information content (AvgIpc) is 2.56. The Hall–Kier alpha value is -1.51. The first-order valence-electron chi connectivity index (χ1n) is 5.03. The Morgan fingerprint density at radius 1 is 1.43 bits per heavy atom. The zero-order valence-corrected chi connectivity index (χ0v) is 8.38. The smallest absolute Gasteiger partial charge is 0.107 e. The largest absolute Gasteiger partial charge is 0.399 e. The van der Waals surface area contributed by atoms with Gasteiger partial charge < -0.3 is 10.7 Å². The predicted molar refractivity (Wildman–Crippen MR) is 59.1 cm³/mol. The molecule has 0 radical (unpaired) electrons. The van der Waals surface area contributed by atoms with E-state index in [1.54, 1.807) is 0 Å². The van der Waals surface area contributed by atoms with E-state index in [9.17, 15) is 0 Å². The molecule has 1 aromatic heterocycles. The molecule has 14 heavy (non-hydrogen) atoms. The number of hydrogen-bond donors (Lipinski definition) is 2. The lowest BCUT2D eigenvalue weighted by Gasteiger charge is -1.90. The summed E-state index contributed by atoms with van der Waals surface area (Å²) in [5.41, 5.74) is 8.49. The minimum atomic E-state index is 0.769. The summed E-state index contributed by atoms with van der Waals surface area (Å²) in [5.74, 6) is 1.06. The maximum Gasteiger partial charge on any atom is 0.107 e. The summed E-state index contributed by atoms with van der Waals surface area (Å²) in [6, 6.07) is 5.78. The second kappa shape index (κ2) is 3.70. The van der Waals surface area contributed by atoms with Crippen molar-refractivity contribution >= 4 is 16.7 Å². The highest BCUT2D eigenvalue weighted by Crippen LogP contribution is 2.15. The summed E-state index contributed by atoms with van der Waals surface area (Å²) in [4.78, 5) is 7.77. The van der Waals surface area contributed by atoms with Crippen LogP contribution in [0.2, 0.25) is 0 Å². The van der Waals surface area contributed by atoms with Gasteiger partial charge in [-0.05, 0) is 24.6 Å². The van der Waals surface area contributed by atoms with E-state index < -0.39 is 0 Å². The maximum absolute atomic E-state index is 5.68. The van der Waals surface area contributed by atoms with Gasteiger partial charge in [0.05, 0.1) is 11.0 Å². The van der Waals surface area contributed by atoms with Crippen LogP contribution in [-0.4, -0.2) is 9.97 Å². The number of nitrogen functional groups attached to an aromatic ring is 1. The number of H-pyrrole nitrogens is 1. The van der Waals surface area contributed by atoms with Gasteiger partial charge in [-0.1, -0.05) is 13.3 Å².